The smallest absolute Gasteiger partial charge is 0.224 e. The lowest BCUT2D eigenvalue weighted by Crippen LogP contribution is -2.46. The van der Waals surface area contributed by atoms with E-state index in [4.69, 9.17) is 4.74 Å². The van der Waals surface area contributed by atoms with Gasteiger partial charge in [-0.05, 0) is 52.7 Å². The summed E-state index contributed by atoms with van der Waals surface area (Å²) in [7, 11) is -3.32. The Morgan fingerprint density at radius 3 is 2.27 bits per heavy atom. The summed E-state index contributed by atoms with van der Waals surface area (Å²) in [4.78, 5) is 13.7. The first-order chi connectivity index (χ1) is 14.0. The summed E-state index contributed by atoms with van der Waals surface area (Å²) in [6.45, 7) is 7.86. The van der Waals surface area contributed by atoms with E-state index in [9.17, 15) is 22.0 Å². The van der Waals surface area contributed by atoms with E-state index in [0.717, 1.165) is 12.1 Å². The van der Waals surface area contributed by atoms with Crippen LogP contribution >= 0.6 is 0 Å². The van der Waals surface area contributed by atoms with Crippen LogP contribution in [0, 0.1) is 11.6 Å². The molecule has 1 amide bonds. The number of benzene rings is 1. The minimum absolute atomic E-state index is 0.0496. The molecule has 170 valence electrons. The first-order valence-electron chi connectivity index (χ1n) is 10.2. The Balaban J connectivity index is 1.87. The van der Waals surface area contributed by atoms with Crippen LogP contribution in [0.15, 0.2) is 12.1 Å². The monoisotopic (exact) mass is 447 g/mol. The van der Waals surface area contributed by atoms with Crippen LogP contribution in [0.4, 0.5) is 20.2 Å². The highest BCUT2D eigenvalue weighted by molar-refractivity contribution is 7.90. The standard InChI is InChI=1S/C20H31F2N3O4S/c1-13(2)30(27,28)23-8-6-5-7-19(26)24-16-9-17(21)20(18(22)10-16)25-11-14(3)29-15(4)12-25/h9-10,13-15,23H,5-8,11-12H2,1-4H3,(H,24,26). The number of hydrogen-bond donors (Lipinski definition) is 2. The number of morpholine rings is 1. The van der Waals surface area contributed by atoms with Crippen LogP contribution in [0.3, 0.4) is 0 Å². The van der Waals surface area contributed by atoms with E-state index in [1.54, 1.807) is 18.7 Å². The number of ether oxygens (including phenoxy) is 1. The predicted molar refractivity (Wildman–Crippen MR) is 113 cm³/mol. The van der Waals surface area contributed by atoms with E-state index >= 15 is 0 Å². The Labute approximate surface area is 177 Å². The van der Waals surface area contributed by atoms with Crippen LogP contribution in [0.25, 0.3) is 0 Å². The molecule has 10 heteroatoms. The van der Waals surface area contributed by atoms with Gasteiger partial charge in [-0.1, -0.05) is 0 Å². The number of unbranched alkanes of at least 4 members (excludes halogenated alkanes) is 1. The summed E-state index contributed by atoms with van der Waals surface area (Å²) in [5.41, 5.74) is -0.0685. The second-order valence-electron chi connectivity index (χ2n) is 7.94. The van der Waals surface area contributed by atoms with Gasteiger partial charge < -0.3 is 15.0 Å². The van der Waals surface area contributed by atoms with Gasteiger partial charge in [0.05, 0.1) is 17.5 Å². The molecule has 2 atom stereocenters. The zero-order valence-electron chi connectivity index (χ0n) is 17.9. The van der Waals surface area contributed by atoms with Crippen molar-refractivity contribution < 1.29 is 26.7 Å². The second kappa shape index (κ2) is 10.5. The van der Waals surface area contributed by atoms with Gasteiger partial charge in [0.25, 0.3) is 0 Å². The molecule has 1 heterocycles. The van der Waals surface area contributed by atoms with E-state index < -0.39 is 26.9 Å². The summed E-state index contributed by atoms with van der Waals surface area (Å²) in [5, 5.41) is 1.98. The number of sulfonamides is 1. The van der Waals surface area contributed by atoms with Crippen molar-refractivity contribution in [3.05, 3.63) is 23.8 Å². The highest BCUT2D eigenvalue weighted by Crippen LogP contribution is 2.29. The molecule has 1 aliphatic heterocycles. The summed E-state index contributed by atoms with van der Waals surface area (Å²) >= 11 is 0. The molecule has 0 saturated carbocycles. The van der Waals surface area contributed by atoms with Gasteiger partial charge in [-0.3, -0.25) is 4.79 Å². The molecule has 0 bridgehead atoms. The molecule has 1 aliphatic rings. The van der Waals surface area contributed by atoms with Crippen LogP contribution in [0.1, 0.15) is 47.0 Å². The average Bonchev–Trinajstić information content (AvgIpc) is 2.59. The fourth-order valence-electron chi connectivity index (χ4n) is 3.32. The minimum Gasteiger partial charge on any atom is -0.372 e. The van der Waals surface area contributed by atoms with Gasteiger partial charge in [0, 0.05) is 31.7 Å². The number of carbonyl (C=O) groups excluding carboxylic acids is 1. The maximum Gasteiger partial charge on any atom is 0.224 e. The van der Waals surface area contributed by atoms with Gasteiger partial charge in [0.15, 0.2) is 11.6 Å². The Bertz CT molecular complexity index is 815. The Kier molecular flexibility index (Phi) is 8.57. The number of anilines is 2. The normalized spacial score (nSPS) is 19.9. The molecule has 0 aliphatic carbocycles. The van der Waals surface area contributed by atoms with Crippen molar-refractivity contribution in [2.75, 3.05) is 29.9 Å². The highest BCUT2D eigenvalue weighted by Gasteiger charge is 2.27. The molecule has 1 aromatic rings. The summed E-state index contributed by atoms with van der Waals surface area (Å²) < 4.78 is 60.5. The molecule has 0 radical (unpaired) electrons. The van der Waals surface area contributed by atoms with E-state index in [1.165, 1.54) is 0 Å². The number of nitrogens with one attached hydrogen (secondary N) is 2. The van der Waals surface area contributed by atoms with Crippen molar-refractivity contribution >= 4 is 27.3 Å². The highest BCUT2D eigenvalue weighted by atomic mass is 32.2. The number of carbonyl (C=O) groups is 1. The average molecular weight is 448 g/mol. The zero-order chi connectivity index (χ0) is 22.5. The van der Waals surface area contributed by atoms with Crippen molar-refractivity contribution in [3.63, 3.8) is 0 Å². The van der Waals surface area contributed by atoms with Gasteiger partial charge in [-0.2, -0.15) is 0 Å². The lowest BCUT2D eigenvalue weighted by molar-refractivity contribution is -0.116. The molecule has 1 fully saturated rings. The third-order valence-electron chi connectivity index (χ3n) is 4.79. The number of rotatable bonds is 9. The second-order valence-corrected chi connectivity index (χ2v) is 10.3. The Hall–Kier alpha value is -1.78. The molecule has 0 aromatic heterocycles. The number of halogens is 2. The SMILES string of the molecule is CC1CN(c2c(F)cc(NC(=O)CCCCNS(=O)(=O)C(C)C)cc2F)CC(C)O1. The van der Waals surface area contributed by atoms with Gasteiger partial charge in [-0.25, -0.2) is 21.9 Å². The summed E-state index contributed by atoms with van der Waals surface area (Å²) in [5.74, 6) is -1.87. The summed E-state index contributed by atoms with van der Waals surface area (Å²) in [6.07, 6.45) is 0.759. The van der Waals surface area contributed by atoms with Crippen LogP contribution in [-0.2, 0) is 19.6 Å². The Morgan fingerprint density at radius 1 is 1.17 bits per heavy atom. The Morgan fingerprint density at radius 2 is 1.73 bits per heavy atom. The fraction of sp³-hybridized carbons (Fsp3) is 0.650. The molecule has 1 aromatic carbocycles. The number of amides is 1. The van der Waals surface area contributed by atoms with Crippen LogP contribution in [0.5, 0.6) is 0 Å². The first kappa shape index (κ1) is 24.5. The van der Waals surface area contributed by atoms with E-state index in [-0.39, 0.29) is 42.5 Å². The van der Waals surface area contributed by atoms with E-state index in [1.807, 2.05) is 13.8 Å². The predicted octanol–water partition coefficient (Wildman–Crippen LogP) is 3.02. The molecule has 2 N–H and O–H groups in total. The maximum absolute atomic E-state index is 14.6. The lowest BCUT2D eigenvalue weighted by Gasteiger charge is -2.37. The third-order valence-corrected chi connectivity index (χ3v) is 6.64. The third kappa shape index (κ3) is 6.88. The van der Waals surface area contributed by atoms with Gasteiger partial charge in [0.1, 0.15) is 5.69 Å². The fourth-order valence-corrected chi connectivity index (χ4v) is 4.08. The largest absolute Gasteiger partial charge is 0.372 e. The quantitative estimate of drug-likeness (QED) is 0.568. The zero-order valence-corrected chi connectivity index (χ0v) is 18.7. The molecule has 2 rings (SSSR count). The van der Waals surface area contributed by atoms with Gasteiger partial charge >= 0.3 is 0 Å². The number of hydrogen-bond acceptors (Lipinski definition) is 5. The topological polar surface area (TPSA) is 87.7 Å². The molecule has 2 unspecified atom stereocenters. The van der Waals surface area contributed by atoms with Gasteiger partial charge in [0.2, 0.25) is 15.9 Å². The summed E-state index contributed by atoms with van der Waals surface area (Å²) in [6, 6.07) is 2.22. The maximum atomic E-state index is 14.6. The van der Waals surface area contributed by atoms with Gasteiger partial charge in [-0.15, -0.1) is 0 Å². The molecular weight excluding hydrogens is 416 g/mol. The first-order valence-corrected chi connectivity index (χ1v) is 11.7. The van der Waals surface area contributed by atoms with E-state index in [2.05, 4.69) is 10.0 Å². The van der Waals surface area contributed by atoms with Crippen molar-refractivity contribution in [2.45, 2.75) is 64.4 Å². The van der Waals surface area contributed by atoms with Crippen molar-refractivity contribution in [1.82, 2.24) is 4.72 Å². The molecular formula is C20H31F2N3O4S. The van der Waals surface area contributed by atoms with Crippen LogP contribution < -0.4 is 14.9 Å². The molecule has 0 spiro atoms. The number of nitrogens with zero attached hydrogens (tertiary/aromatic N) is 1. The van der Waals surface area contributed by atoms with Crippen LogP contribution in [-0.4, -0.2) is 51.4 Å². The van der Waals surface area contributed by atoms with E-state index in [0.29, 0.717) is 25.9 Å². The van der Waals surface area contributed by atoms with Crippen molar-refractivity contribution in [3.8, 4) is 0 Å². The molecule has 30 heavy (non-hydrogen) atoms. The minimum atomic E-state index is -3.32. The molecule has 7 nitrogen and oxygen atoms in total. The van der Waals surface area contributed by atoms with Crippen LogP contribution in [0.2, 0.25) is 0 Å². The lowest BCUT2D eigenvalue weighted by atomic mass is 10.1. The molecule has 1 saturated heterocycles. The van der Waals surface area contributed by atoms with Crippen molar-refractivity contribution in [1.29, 1.82) is 0 Å². The van der Waals surface area contributed by atoms with Crippen molar-refractivity contribution in [2.24, 2.45) is 0 Å².